The highest BCUT2D eigenvalue weighted by Gasteiger charge is 2.36. The van der Waals surface area contributed by atoms with E-state index < -0.39 is 0 Å². The number of fused-ring (bicyclic) bond motifs is 1. The van der Waals surface area contributed by atoms with Crippen molar-refractivity contribution < 1.29 is 0 Å². The normalized spacial score (nSPS) is 43.0. The monoisotopic (exact) mass is 150 g/mol. The lowest BCUT2D eigenvalue weighted by Crippen LogP contribution is -2.26. The summed E-state index contributed by atoms with van der Waals surface area (Å²) in [5, 5.41) is 12.1. The molecule has 60 valence electrons. The molecule has 1 saturated heterocycles. The van der Waals surface area contributed by atoms with Gasteiger partial charge in [-0.05, 0) is 31.2 Å². The van der Waals surface area contributed by atoms with E-state index >= 15 is 0 Å². The summed E-state index contributed by atoms with van der Waals surface area (Å²) in [6.45, 7) is 1.09. The predicted molar refractivity (Wildman–Crippen MR) is 42.9 cm³/mol. The Bertz CT molecular complexity index is 182. The molecule has 0 aromatic carbocycles. The molecule has 1 aliphatic heterocycles. The molecule has 11 heavy (non-hydrogen) atoms. The second-order valence-corrected chi connectivity index (χ2v) is 3.72. The van der Waals surface area contributed by atoms with Crippen molar-refractivity contribution in [3.05, 3.63) is 0 Å². The lowest BCUT2D eigenvalue weighted by atomic mass is 9.79. The van der Waals surface area contributed by atoms with Crippen LogP contribution in [0.4, 0.5) is 0 Å². The van der Waals surface area contributed by atoms with Gasteiger partial charge in [-0.2, -0.15) is 5.26 Å². The van der Waals surface area contributed by atoms with Crippen LogP contribution >= 0.6 is 0 Å². The van der Waals surface area contributed by atoms with Crippen LogP contribution in [0.3, 0.4) is 0 Å². The molecule has 0 bridgehead atoms. The second kappa shape index (κ2) is 2.83. The zero-order valence-corrected chi connectivity index (χ0v) is 6.71. The van der Waals surface area contributed by atoms with E-state index in [-0.39, 0.29) is 6.04 Å². The number of nitrogens with one attached hydrogen (secondary N) is 1. The lowest BCUT2D eigenvalue weighted by Gasteiger charge is -2.25. The Kier molecular flexibility index (Phi) is 1.83. The average molecular weight is 150 g/mol. The first-order valence-electron chi connectivity index (χ1n) is 4.55. The largest absolute Gasteiger partial charge is 0.301 e. The fourth-order valence-electron chi connectivity index (χ4n) is 2.50. The van der Waals surface area contributed by atoms with Gasteiger partial charge in [0.25, 0.3) is 0 Å². The maximum atomic E-state index is 8.79. The van der Waals surface area contributed by atoms with E-state index in [0.29, 0.717) is 5.92 Å². The summed E-state index contributed by atoms with van der Waals surface area (Å²) < 4.78 is 0. The van der Waals surface area contributed by atoms with Gasteiger partial charge in [-0.3, -0.25) is 0 Å². The van der Waals surface area contributed by atoms with Gasteiger partial charge in [0.1, 0.15) is 0 Å². The molecule has 0 aromatic rings. The van der Waals surface area contributed by atoms with Crippen LogP contribution in [0, 0.1) is 23.2 Å². The SMILES string of the molecule is N#CC1NCC2CCCCC21. The average Bonchev–Trinajstić information content (AvgIpc) is 2.47. The summed E-state index contributed by atoms with van der Waals surface area (Å²) in [6.07, 6.45) is 5.33. The molecular weight excluding hydrogens is 136 g/mol. The fraction of sp³-hybridized carbons (Fsp3) is 0.889. The Hall–Kier alpha value is -0.550. The van der Waals surface area contributed by atoms with E-state index in [1.807, 2.05) is 0 Å². The molecule has 2 rings (SSSR count). The van der Waals surface area contributed by atoms with Crippen LogP contribution in [-0.4, -0.2) is 12.6 Å². The highest BCUT2D eigenvalue weighted by Crippen LogP contribution is 2.35. The Morgan fingerprint density at radius 3 is 2.91 bits per heavy atom. The minimum absolute atomic E-state index is 0.167. The minimum Gasteiger partial charge on any atom is -0.301 e. The molecule has 2 nitrogen and oxygen atoms in total. The van der Waals surface area contributed by atoms with Crippen LogP contribution in [0.1, 0.15) is 25.7 Å². The molecule has 2 aliphatic rings. The van der Waals surface area contributed by atoms with Crippen molar-refractivity contribution in [2.75, 3.05) is 6.54 Å². The Morgan fingerprint density at radius 1 is 1.27 bits per heavy atom. The van der Waals surface area contributed by atoms with Crippen molar-refractivity contribution in [2.24, 2.45) is 11.8 Å². The van der Waals surface area contributed by atoms with Gasteiger partial charge in [-0.1, -0.05) is 12.8 Å². The van der Waals surface area contributed by atoms with Crippen LogP contribution in [-0.2, 0) is 0 Å². The van der Waals surface area contributed by atoms with Gasteiger partial charge in [-0.25, -0.2) is 0 Å². The van der Waals surface area contributed by atoms with E-state index in [9.17, 15) is 0 Å². The third-order valence-corrected chi connectivity index (χ3v) is 3.14. The van der Waals surface area contributed by atoms with Gasteiger partial charge in [0, 0.05) is 0 Å². The molecule has 0 radical (unpaired) electrons. The van der Waals surface area contributed by atoms with Crippen LogP contribution in [0.2, 0.25) is 0 Å². The molecule has 1 heterocycles. The van der Waals surface area contributed by atoms with Crippen LogP contribution in [0.5, 0.6) is 0 Å². The molecular formula is C9H14N2. The zero-order chi connectivity index (χ0) is 7.68. The quantitative estimate of drug-likeness (QED) is 0.564. The van der Waals surface area contributed by atoms with Crippen molar-refractivity contribution in [3.63, 3.8) is 0 Å². The first-order valence-corrected chi connectivity index (χ1v) is 4.55. The van der Waals surface area contributed by atoms with Crippen molar-refractivity contribution in [2.45, 2.75) is 31.7 Å². The number of hydrogen-bond acceptors (Lipinski definition) is 2. The molecule has 1 aliphatic carbocycles. The molecule has 3 unspecified atom stereocenters. The van der Waals surface area contributed by atoms with E-state index in [1.165, 1.54) is 25.7 Å². The Labute approximate surface area is 67.6 Å². The molecule has 0 aromatic heterocycles. The first kappa shape index (κ1) is 7.12. The van der Waals surface area contributed by atoms with Crippen LogP contribution in [0.15, 0.2) is 0 Å². The van der Waals surface area contributed by atoms with E-state index in [0.717, 1.165) is 12.5 Å². The summed E-state index contributed by atoms with van der Waals surface area (Å²) in [6, 6.07) is 2.52. The van der Waals surface area contributed by atoms with Crippen molar-refractivity contribution >= 4 is 0 Å². The van der Waals surface area contributed by atoms with E-state index in [2.05, 4.69) is 11.4 Å². The molecule has 0 amide bonds. The maximum absolute atomic E-state index is 8.79. The highest BCUT2D eigenvalue weighted by molar-refractivity contribution is 5.03. The van der Waals surface area contributed by atoms with Crippen molar-refractivity contribution in [1.82, 2.24) is 5.32 Å². The Balaban J connectivity index is 2.05. The number of rotatable bonds is 0. The first-order chi connectivity index (χ1) is 5.42. The van der Waals surface area contributed by atoms with Gasteiger partial charge in [0.2, 0.25) is 0 Å². The molecule has 2 heteroatoms. The topological polar surface area (TPSA) is 35.8 Å². The summed E-state index contributed by atoms with van der Waals surface area (Å²) in [5.74, 6) is 1.49. The molecule has 3 atom stereocenters. The second-order valence-electron chi connectivity index (χ2n) is 3.72. The van der Waals surface area contributed by atoms with E-state index in [1.54, 1.807) is 0 Å². The van der Waals surface area contributed by atoms with Gasteiger partial charge in [0.15, 0.2) is 0 Å². The van der Waals surface area contributed by atoms with Gasteiger partial charge in [0.05, 0.1) is 12.1 Å². The number of nitrogens with zero attached hydrogens (tertiary/aromatic N) is 1. The van der Waals surface area contributed by atoms with Gasteiger partial charge >= 0.3 is 0 Å². The minimum atomic E-state index is 0.167. The standard InChI is InChI=1S/C9H14N2/c10-5-9-8-4-2-1-3-7(8)6-11-9/h7-9,11H,1-4,6H2. The van der Waals surface area contributed by atoms with Gasteiger partial charge < -0.3 is 5.32 Å². The molecule has 1 N–H and O–H groups in total. The van der Waals surface area contributed by atoms with Crippen LogP contribution < -0.4 is 5.32 Å². The molecule has 1 saturated carbocycles. The van der Waals surface area contributed by atoms with Gasteiger partial charge in [-0.15, -0.1) is 0 Å². The smallest absolute Gasteiger partial charge is 0.0984 e. The predicted octanol–water partition coefficient (Wildman–Crippen LogP) is 1.29. The summed E-state index contributed by atoms with van der Waals surface area (Å²) in [7, 11) is 0. The zero-order valence-electron chi connectivity index (χ0n) is 6.71. The summed E-state index contributed by atoms with van der Waals surface area (Å²) in [4.78, 5) is 0. The highest BCUT2D eigenvalue weighted by atomic mass is 15.0. The lowest BCUT2D eigenvalue weighted by molar-refractivity contribution is 0.283. The number of nitriles is 1. The third-order valence-electron chi connectivity index (χ3n) is 3.14. The van der Waals surface area contributed by atoms with E-state index in [4.69, 9.17) is 5.26 Å². The number of hydrogen-bond donors (Lipinski definition) is 1. The molecule has 0 spiro atoms. The molecule has 2 fully saturated rings. The van der Waals surface area contributed by atoms with Crippen molar-refractivity contribution in [3.8, 4) is 6.07 Å². The van der Waals surface area contributed by atoms with Crippen LogP contribution in [0.25, 0.3) is 0 Å². The summed E-state index contributed by atoms with van der Waals surface area (Å²) in [5.41, 5.74) is 0. The summed E-state index contributed by atoms with van der Waals surface area (Å²) >= 11 is 0. The fourth-order valence-corrected chi connectivity index (χ4v) is 2.50. The Morgan fingerprint density at radius 2 is 2.09 bits per heavy atom. The third kappa shape index (κ3) is 1.14. The van der Waals surface area contributed by atoms with Crippen molar-refractivity contribution in [1.29, 1.82) is 5.26 Å². The maximum Gasteiger partial charge on any atom is 0.0984 e.